The van der Waals surface area contributed by atoms with E-state index in [1.165, 1.54) is 25.3 Å². The third kappa shape index (κ3) is 4.86. The first-order valence-electron chi connectivity index (χ1n) is 8.48. The van der Waals surface area contributed by atoms with Crippen molar-refractivity contribution in [2.45, 2.75) is 6.92 Å². The fourth-order valence-electron chi connectivity index (χ4n) is 2.46. The lowest BCUT2D eigenvalue weighted by Gasteiger charge is -2.08. The molecule has 0 spiro atoms. The summed E-state index contributed by atoms with van der Waals surface area (Å²) in [5.74, 6) is -3.04. The van der Waals surface area contributed by atoms with Gasteiger partial charge < -0.3 is 10.6 Å². The smallest absolute Gasteiger partial charge is 0.274 e. The molecule has 0 saturated carbocycles. The Balaban J connectivity index is 1.73. The van der Waals surface area contributed by atoms with Crippen LogP contribution in [-0.2, 0) is 0 Å². The second-order valence-corrected chi connectivity index (χ2v) is 6.10. The van der Waals surface area contributed by atoms with Crippen LogP contribution in [0.3, 0.4) is 0 Å². The molecule has 146 valence electrons. The van der Waals surface area contributed by atoms with Gasteiger partial charge >= 0.3 is 0 Å². The van der Waals surface area contributed by atoms with E-state index in [1.807, 2.05) is 0 Å². The molecule has 29 heavy (non-hydrogen) atoms. The number of hydrogen-bond acceptors (Lipinski definition) is 4. The van der Waals surface area contributed by atoms with Crippen LogP contribution in [0.15, 0.2) is 60.8 Å². The van der Waals surface area contributed by atoms with Crippen LogP contribution in [0.25, 0.3) is 0 Å². The molecule has 2 aromatic carbocycles. The first kappa shape index (κ1) is 19.8. The summed E-state index contributed by atoms with van der Waals surface area (Å²) in [4.78, 5) is 39.9. The highest BCUT2D eigenvalue weighted by atomic mass is 19.1. The zero-order valence-electron chi connectivity index (χ0n) is 15.2. The number of anilines is 2. The summed E-state index contributed by atoms with van der Waals surface area (Å²) in [5.41, 5.74) is 0.808. The molecule has 0 aliphatic rings. The fraction of sp³-hybridized carbons (Fsp3) is 0.0476. The fourth-order valence-corrected chi connectivity index (χ4v) is 2.46. The largest absolute Gasteiger partial charge is 0.322 e. The molecule has 3 rings (SSSR count). The number of aromatic nitrogens is 1. The summed E-state index contributed by atoms with van der Waals surface area (Å²) in [6, 6.07) is 11.7. The van der Waals surface area contributed by atoms with Crippen molar-refractivity contribution in [1.29, 1.82) is 0 Å². The number of carbonyl (C=O) groups is 3. The van der Waals surface area contributed by atoms with Crippen LogP contribution in [-0.4, -0.2) is 22.6 Å². The van der Waals surface area contributed by atoms with E-state index in [2.05, 4.69) is 15.6 Å². The number of ketones is 1. The van der Waals surface area contributed by atoms with Gasteiger partial charge in [0.15, 0.2) is 5.78 Å². The lowest BCUT2D eigenvalue weighted by Crippen LogP contribution is -2.17. The second-order valence-electron chi connectivity index (χ2n) is 6.10. The van der Waals surface area contributed by atoms with Gasteiger partial charge in [0.05, 0.1) is 5.69 Å². The monoisotopic (exact) mass is 395 g/mol. The molecule has 0 saturated heterocycles. The van der Waals surface area contributed by atoms with E-state index in [4.69, 9.17) is 0 Å². The lowest BCUT2D eigenvalue weighted by atomic mass is 10.1. The van der Waals surface area contributed by atoms with Crippen LogP contribution in [0, 0.1) is 11.6 Å². The van der Waals surface area contributed by atoms with Gasteiger partial charge in [-0.2, -0.15) is 0 Å². The second kappa shape index (κ2) is 8.39. The zero-order chi connectivity index (χ0) is 21.0. The number of pyridine rings is 1. The average molecular weight is 395 g/mol. The van der Waals surface area contributed by atoms with Crippen molar-refractivity contribution in [2.75, 3.05) is 10.6 Å². The van der Waals surface area contributed by atoms with E-state index in [9.17, 15) is 23.2 Å². The number of amides is 2. The minimum absolute atomic E-state index is 0.0924. The Morgan fingerprint density at radius 2 is 1.55 bits per heavy atom. The van der Waals surface area contributed by atoms with E-state index in [-0.39, 0.29) is 22.7 Å². The van der Waals surface area contributed by atoms with E-state index in [1.54, 1.807) is 24.3 Å². The summed E-state index contributed by atoms with van der Waals surface area (Å²) in [7, 11) is 0. The summed E-state index contributed by atoms with van der Waals surface area (Å²) in [6.45, 7) is 1.44. The van der Waals surface area contributed by atoms with Crippen LogP contribution in [0.1, 0.15) is 38.1 Å². The standard InChI is InChI=1S/C21H15F2N3O3/c1-12(27)13-2-5-16(6-3-13)25-20(28)14-8-9-24-19(10-14)21(29)26-18-7-4-15(22)11-17(18)23/h2-11H,1H3,(H,25,28)(H,26,29). The molecule has 0 fully saturated rings. The minimum Gasteiger partial charge on any atom is -0.322 e. The van der Waals surface area contributed by atoms with Gasteiger partial charge in [-0.05, 0) is 55.5 Å². The Morgan fingerprint density at radius 1 is 0.828 bits per heavy atom. The molecule has 0 aliphatic carbocycles. The molecule has 1 aromatic heterocycles. The number of hydrogen-bond donors (Lipinski definition) is 2. The van der Waals surface area contributed by atoms with Gasteiger partial charge in [-0.15, -0.1) is 0 Å². The molecule has 2 amide bonds. The first-order chi connectivity index (χ1) is 13.8. The van der Waals surface area contributed by atoms with Crippen molar-refractivity contribution < 1.29 is 23.2 Å². The van der Waals surface area contributed by atoms with Crippen molar-refractivity contribution in [3.05, 3.63) is 89.2 Å². The van der Waals surface area contributed by atoms with Crippen molar-refractivity contribution in [2.24, 2.45) is 0 Å². The van der Waals surface area contributed by atoms with E-state index in [0.717, 1.165) is 12.1 Å². The van der Waals surface area contributed by atoms with Crippen molar-refractivity contribution in [3.63, 3.8) is 0 Å². The number of halogens is 2. The van der Waals surface area contributed by atoms with Gasteiger partial charge in [-0.3, -0.25) is 19.4 Å². The van der Waals surface area contributed by atoms with E-state index >= 15 is 0 Å². The Morgan fingerprint density at radius 3 is 2.21 bits per heavy atom. The molecule has 0 radical (unpaired) electrons. The van der Waals surface area contributed by atoms with Crippen molar-refractivity contribution in [3.8, 4) is 0 Å². The Kier molecular flexibility index (Phi) is 5.73. The molecule has 0 bridgehead atoms. The highest BCUT2D eigenvalue weighted by Gasteiger charge is 2.14. The zero-order valence-corrected chi connectivity index (χ0v) is 15.2. The molecule has 1 heterocycles. The molecule has 0 unspecified atom stereocenters. The Bertz CT molecular complexity index is 1100. The molecule has 3 aromatic rings. The van der Waals surface area contributed by atoms with Gasteiger partial charge in [0, 0.05) is 29.1 Å². The Hall–Kier alpha value is -3.94. The van der Waals surface area contributed by atoms with Crippen LogP contribution < -0.4 is 10.6 Å². The maximum absolute atomic E-state index is 13.7. The van der Waals surface area contributed by atoms with Gasteiger partial charge in [-0.1, -0.05) is 0 Å². The predicted octanol–water partition coefficient (Wildman–Crippen LogP) is 4.07. The van der Waals surface area contributed by atoms with E-state index < -0.39 is 23.4 Å². The molecule has 6 nitrogen and oxygen atoms in total. The first-order valence-corrected chi connectivity index (χ1v) is 8.48. The normalized spacial score (nSPS) is 10.3. The molecule has 0 atom stereocenters. The van der Waals surface area contributed by atoms with E-state index in [0.29, 0.717) is 17.3 Å². The van der Waals surface area contributed by atoms with Gasteiger partial charge in [0.2, 0.25) is 0 Å². The maximum atomic E-state index is 13.7. The van der Waals surface area contributed by atoms with Crippen molar-refractivity contribution in [1.82, 2.24) is 4.98 Å². The highest BCUT2D eigenvalue weighted by Crippen LogP contribution is 2.16. The topological polar surface area (TPSA) is 88.2 Å². The number of rotatable bonds is 5. The predicted molar refractivity (Wildman–Crippen MR) is 103 cm³/mol. The van der Waals surface area contributed by atoms with Crippen LogP contribution in [0.2, 0.25) is 0 Å². The molecular formula is C21H15F2N3O3. The van der Waals surface area contributed by atoms with Gasteiger partial charge in [0.25, 0.3) is 11.8 Å². The molecule has 2 N–H and O–H groups in total. The number of nitrogens with zero attached hydrogens (tertiary/aromatic N) is 1. The SMILES string of the molecule is CC(=O)c1ccc(NC(=O)c2ccnc(C(=O)Nc3ccc(F)cc3F)c2)cc1. The number of Topliss-reactive ketones (excluding diaryl/α,β-unsaturated/α-hetero) is 1. The number of carbonyl (C=O) groups excluding carboxylic acids is 3. The molecule has 8 heteroatoms. The van der Waals surface area contributed by atoms with Crippen LogP contribution >= 0.6 is 0 Å². The molecular weight excluding hydrogens is 380 g/mol. The average Bonchev–Trinajstić information content (AvgIpc) is 2.70. The third-order valence-corrected chi connectivity index (χ3v) is 3.98. The lowest BCUT2D eigenvalue weighted by molar-refractivity contribution is 0.100. The van der Waals surface area contributed by atoms with Crippen molar-refractivity contribution >= 4 is 29.0 Å². The quantitative estimate of drug-likeness (QED) is 0.638. The highest BCUT2D eigenvalue weighted by molar-refractivity contribution is 6.08. The van der Waals surface area contributed by atoms with Gasteiger partial charge in [-0.25, -0.2) is 8.78 Å². The maximum Gasteiger partial charge on any atom is 0.274 e. The summed E-state index contributed by atoms with van der Waals surface area (Å²) in [6.07, 6.45) is 1.27. The summed E-state index contributed by atoms with van der Waals surface area (Å²) < 4.78 is 26.7. The minimum atomic E-state index is -0.929. The number of benzene rings is 2. The Labute approximate surface area is 164 Å². The summed E-state index contributed by atoms with van der Waals surface area (Å²) in [5, 5.41) is 4.92. The summed E-state index contributed by atoms with van der Waals surface area (Å²) >= 11 is 0. The van der Waals surface area contributed by atoms with Crippen LogP contribution in [0.5, 0.6) is 0 Å². The molecule has 0 aliphatic heterocycles. The third-order valence-electron chi connectivity index (χ3n) is 3.98. The number of nitrogens with one attached hydrogen (secondary N) is 2. The van der Waals surface area contributed by atoms with Gasteiger partial charge in [0.1, 0.15) is 17.3 Å². The van der Waals surface area contributed by atoms with Crippen LogP contribution in [0.4, 0.5) is 20.2 Å².